The molecule has 2 fully saturated rings. The zero-order valence-corrected chi connectivity index (χ0v) is 16.7. The molecular formula is C21H31N3O4. The number of hydrogen-bond acceptors (Lipinski definition) is 5. The summed E-state index contributed by atoms with van der Waals surface area (Å²) in [6.07, 6.45) is 5.12. The molecule has 1 N–H and O–H groups in total. The van der Waals surface area contributed by atoms with Gasteiger partial charge in [0.05, 0.1) is 13.2 Å². The number of rotatable bonds is 7. The molecule has 2 saturated heterocycles. The fraction of sp³-hybridized carbons (Fsp3) is 0.619. The zero-order chi connectivity index (χ0) is 19.8. The van der Waals surface area contributed by atoms with Crippen LogP contribution in [0, 0.1) is 0 Å². The lowest BCUT2D eigenvalue weighted by atomic mass is 9.98. The predicted octanol–water partition coefficient (Wildman–Crippen LogP) is 2.13. The second kappa shape index (κ2) is 10.4. The molecule has 2 heterocycles. The maximum absolute atomic E-state index is 12.2. The maximum Gasteiger partial charge on any atom is 0.260 e. The summed E-state index contributed by atoms with van der Waals surface area (Å²) in [5, 5.41) is 2.94. The van der Waals surface area contributed by atoms with Crippen LogP contribution in [0.4, 0.5) is 5.69 Å². The number of hydrogen-bond donors (Lipinski definition) is 1. The van der Waals surface area contributed by atoms with Gasteiger partial charge in [-0.15, -0.1) is 0 Å². The summed E-state index contributed by atoms with van der Waals surface area (Å²) in [5.41, 5.74) is 0.744. The molecule has 1 unspecified atom stereocenters. The van der Waals surface area contributed by atoms with Crippen molar-refractivity contribution in [3.63, 3.8) is 0 Å². The van der Waals surface area contributed by atoms with E-state index in [9.17, 15) is 9.59 Å². The Morgan fingerprint density at radius 2 is 1.89 bits per heavy atom. The average molecular weight is 389 g/mol. The summed E-state index contributed by atoms with van der Waals surface area (Å²) >= 11 is 0. The molecule has 7 heteroatoms. The lowest BCUT2D eigenvalue weighted by molar-refractivity contribution is -0.137. The van der Waals surface area contributed by atoms with Gasteiger partial charge in [0, 0.05) is 31.2 Å². The third kappa shape index (κ3) is 6.21. The molecule has 2 amide bonds. The number of anilines is 1. The van der Waals surface area contributed by atoms with Gasteiger partial charge in [-0.2, -0.15) is 0 Å². The zero-order valence-electron chi connectivity index (χ0n) is 16.7. The first kappa shape index (κ1) is 20.6. The van der Waals surface area contributed by atoms with Crippen molar-refractivity contribution in [3.05, 3.63) is 24.3 Å². The van der Waals surface area contributed by atoms with E-state index in [1.54, 1.807) is 29.2 Å². The monoisotopic (exact) mass is 389 g/mol. The molecule has 2 aliphatic heterocycles. The second-order valence-electron chi connectivity index (χ2n) is 7.52. The van der Waals surface area contributed by atoms with E-state index in [0.29, 0.717) is 44.5 Å². The molecule has 7 nitrogen and oxygen atoms in total. The highest BCUT2D eigenvalue weighted by Gasteiger charge is 2.20. The number of piperidine rings is 1. The Labute approximate surface area is 167 Å². The highest BCUT2D eigenvalue weighted by molar-refractivity contribution is 5.90. The van der Waals surface area contributed by atoms with Crippen molar-refractivity contribution in [2.75, 3.05) is 51.8 Å². The number of nitrogens with zero attached hydrogens (tertiary/aromatic N) is 2. The van der Waals surface area contributed by atoms with Crippen LogP contribution >= 0.6 is 0 Å². The first-order valence-corrected chi connectivity index (χ1v) is 10.2. The van der Waals surface area contributed by atoms with Gasteiger partial charge >= 0.3 is 0 Å². The van der Waals surface area contributed by atoms with Gasteiger partial charge in [0.1, 0.15) is 5.75 Å². The largest absolute Gasteiger partial charge is 0.484 e. The van der Waals surface area contributed by atoms with Crippen LogP contribution < -0.4 is 10.1 Å². The SMILES string of the molecule is CN1CCCCC1CCC(=O)Nc1ccc(OCC(=O)N2CCOCC2)cc1. The van der Waals surface area contributed by atoms with Gasteiger partial charge in [-0.05, 0) is 57.1 Å². The molecule has 28 heavy (non-hydrogen) atoms. The number of ether oxygens (including phenoxy) is 2. The van der Waals surface area contributed by atoms with Crippen LogP contribution in [-0.4, -0.2) is 74.2 Å². The van der Waals surface area contributed by atoms with Crippen LogP contribution in [0.2, 0.25) is 0 Å². The van der Waals surface area contributed by atoms with Crippen LogP contribution in [0.15, 0.2) is 24.3 Å². The standard InChI is InChI=1S/C21H31N3O4/c1-23-11-3-2-4-18(23)7-10-20(25)22-17-5-8-19(9-6-17)28-16-21(26)24-12-14-27-15-13-24/h5-6,8-9,18H,2-4,7,10-16H2,1H3,(H,22,25). The number of morpholine rings is 1. The number of carbonyl (C=O) groups excluding carboxylic acids is 2. The van der Waals surface area contributed by atoms with E-state index in [2.05, 4.69) is 17.3 Å². The Bertz CT molecular complexity index is 644. The van der Waals surface area contributed by atoms with Crippen molar-refractivity contribution in [2.45, 2.75) is 38.1 Å². The lowest BCUT2D eigenvalue weighted by Crippen LogP contribution is -2.42. The number of benzene rings is 1. The third-order valence-corrected chi connectivity index (χ3v) is 5.49. The fourth-order valence-corrected chi connectivity index (χ4v) is 3.71. The van der Waals surface area contributed by atoms with Crippen molar-refractivity contribution >= 4 is 17.5 Å². The van der Waals surface area contributed by atoms with Crippen molar-refractivity contribution in [3.8, 4) is 5.75 Å². The van der Waals surface area contributed by atoms with Gasteiger partial charge < -0.3 is 24.6 Å². The van der Waals surface area contributed by atoms with Crippen LogP contribution in [0.1, 0.15) is 32.1 Å². The van der Waals surface area contributed by atoms with E-state index in [-0.39, 0.29) is 18.4 Å². The van der Waals surface area contributed by atoms with E-state index in [0.717, 1.165) is 18.7 Å². The molecule has 0 aliphatic carbocycles. The van der Waals surface area contributed by atoms with Gasteiger partial charge in [0.2, 0.25) is 5.91 Å². The molecule has 154 valence electrons. The van der Waals surface area contributed by atoms with Gasteiger partial charge in [-0.25, -0.2) is 0 Å². The van der Waals surface area contributed by atoms with Crippen LogP contribution in [0.25, 0.3) is 0 Å². The Hall–Kier alpha value is -2.12. The first-order valence-electron chi connectivity index (χ1n) is 10.2. The molecule has 2 aliphatic rings. The average Bonchev–Trinajstić information content (AvgIpc) is 2.73. The minimum absolute atomic E-state index is 0.0145. The quantitative estimate of drug-likeness (QED) is 0.774. The van der Waals surface area contributed by atoms with Crippen LogP contribution in [0.5, 0.6) is 5.75 Å². The summed E-state index contributed by atoms with van der Waals surface area (Å²) in [5.74, 6) is 0.618. The molecule has 1 aromatic rings. The fourth-order valence-electron chi connectivity index (χ4n) is 3.71. The molecule has 0 aromatic heterocycles. The second-order valence-corrected chi connectivity index (χ2v) is 7.52. The molecule has 3 rings (SSSR count). The summed E-state index contributed by atoms with van der Waals surface area (Å²) in [4.78, 5) is 28.4. The summed E-state index contributed by atoms with van der Waals surface area (Å²) in [7, 11) is 2.14. The van der Waals surface area contributed by atoms with Gasteiger partial charge in [0.15, 0.2) is 6.61 Å². The molecular weight excluding hydrogens is 358 g/mol. The number of nitrogens with one attached hydrogen (secondary N) is 1. The minimum atomic E-state index is -0.0339. The van der Waals surface area contributed by atoms with Crippen molar-refractivity contribution in [2.24, 2.45) is 0 Å². The van der Waals surface area contributed by atoms with E-state index in [4.69, 9.17) is 9.47 Å². The summed E-state index contributed by atoms with van der Waals surface area (Å²) in [6, 6.07) is 7.67. The van der Waals surface area contributed by atoms with E-state index in [1.807, 2.05) is 0 Å². The minimum Gasteiger partial charge on any atom is -0.484 e. The normalized spacial score (nSPS) is 20.6. The molecule has 1 aromatic carbocycles. The van der Waals surface area contributed by atoms with Crippen LogP contribution in [0.3, 0.4) is 0 Å². The highest BCUT2D eigenvalue weighted by atomic mass is 16.5. The first-order chi connectivity index (χ1) is 13.6. The molecule has 1 atom stereocenters. The van der Waals surface area contributed by atoms with E-state index < -0.39 is 0 Å². The Morgan fingerprint density at radius 1 is 1.14 bits per heavy atom. The van der Waals surface area contributed by atoms with Gasteiger partial charge in [-0.3, -0.25) is 9.59 Å². The van der Waals surface area contributed by atoms with Crippen molar-refractivity contribution in [1.82, 2.24) is 9.80 Å². The predicted molar refractivity (Wildman–Crippen MR) is 107 cm³/mol. The third-order valence-electron chi connectivity index (χ3n) is 5.49. The summed E-state index contributed by atoms with van der Waals surface area (Å²) < 4.78 is 10.8. The molecule has 0 bridgehead atoms. The van der Waals surface area contributed by atoms with E-state index in [1.165, 1.54) is 19.3 Å². The van der Waals surface area contributed by atoms with Gasteiger partial charge in [0.25, 0.3) is 5.91 Å². The molecule has 0 saturated carbocycles. The lowest BCUT2D eigenvalue weighted by Gasteiger charge is -2.32. The Kier molecular flexibility index (Phi) is 7.68. The number of likely N-dealkylation sites (tertiary alicyclic amines) is 1. The maximum atomic E-state index is 12.2. The highest BCUT2D eigenvalue weighted by Crippen LogP contribution is 2.20. The topological polar surface area (TPSA) is 71.1 Å². The molecule has 0 radical (unpaired) electrons. The van der Waals surface area contributed by atoms with Crippen molar-refractivity contribution in [1.29, 1.82) is 0 Å². The number of carbonyl (C=O) groups is 2. The Morgan fingerprint density at radius 3 is 2.61 bits per heavy atom. The smallest absolute Gasteiger partial charge is 0.260 e. The molecule has 0 spiro atoms. The van der Waals surface area contributed by atoms with Crippen molar-refractivity contribution < 1.29 is 19.1 Å². The summed E-state index contributed by atoms with van der Waals surface area (Å²) in [6.45, 7) is 3.53. The van der Waals surface area contributed by atoms with Crippen LogP contribution in [-0.2, 0) is 14.3 Å². The van der Waals surface area contributed by atoms with E-state index >= 15 is 0 Å². The van der Waals surface area contributed by atoms with Gasteiger partial charge in [-0.1, -0.05) is 6.42 Å². The number of amides is 2. The Balaban J connectivity index is 1.38.